The number of carbonyl (C=O) groups excluding carboxylic acids is 2. The number of sulfonamides is 1. The highest BCUT2D eigenvalue weighted by Crippen LogP contribution is 2.26. The van der Waals surface area contributed by atoms with Crippen LogP contribution in [0.25, 0.3) is 0 Å². The maximum Gasteiger partial charge on any atom is 0.264 e. The number of benzene rings is 3. The first-order valence-corrected chi connectivity index (χ1v) is 16.3. The van der Waals surface area contributed by atoms with Crippen LogP contribution >= 0.6 is 0 Å². The van der Waals surface area contributed by atoms with Crippen molar-refractivity contribution in [3.8, 4) is 0 Å². The van der Waals surface area contributed by atoms with Crippen molar-refractivity contribution in [3.05, 3.63) is 95.1 Å². The van der Waals surface area contributed by atoms with Gasteiger partial charge in [-0.3, -0.25) is 13.9 Å². The summed E-state index contributed by atoms with van der Waals surface area (Å²) in [5, 5.41) is 3.19. The molecule has 1 aliphatic carbocycles. The van der Waals surface area contributed by atoms with Gasteiger partial charge in [-0.05, 0) is 75.4 Å². The number of carbonyl (C=O) groups is 2. The lowest BCUT2D eigenvalue weighted by atomic mass is 9.95. The van der Waals surface area contributed by atoms with Gasteiger partial charge >= 0.3 is 0 Å². The summed E-state index contributed by atoms with van der Waals surface area (Å²) in [4.78, 5) is 29.6. The second-order valence-electron chi connectivity index (χ2n) is 11.4. The summed E-state index contributed by atoms with van der Waals surface area (Å²) < 4.78 is 29.2. The predicted molar refractivity (Wildman–Crippen MR) is 168 cm³/mol. The Labute approximate surface area is 251 Å². The van der Waals surface area contributed by atoms with Crippen LogP contribution in [0.4, 0.5) is 5.69 Å². The van der Waals surface area contributed by atoms with Crippen LogP contribution in [0.5, 0.6) is 0 Å². The Hall–Kier alpha value is -3.65. The zero-order valence-corrected chi connectivity index (χ0v) is 26.0. The molecule has 1 N–H and O–H groups in total. The van der Waals surface area contributed by atoms with E-state index < -0.39 is 28.5 Å². The minimum absolute atomic E-state index is 0.0990. The van der Waals surface area contributed by atoms with Gasteiger partial charge in [-0.25, -0.2) is 8.42 Å². The van der Waals surface area contributed by atoms with E-state index in [9.17, 15) is 18.0 Å². The lowest BCUT2D eigenvalue weighted by molar-refractivity contribution is -0.140. The molecule has 0 saturated heterocycles. The Balaban J connectivity index is 1.71. The van der Waals surface area contributed by atoms with Gasteiger partial charge in [0.05, 0.1) is 10.6 Å². The number of amides is 2. The van der Waals surface area contributed by atoms with Gasteiger partial charge in [-0.15, -0.1) is 0 Å². The molecule has 0 radical (unpaired) electrons. The maximum atomic E-state index is 14.3. The van der Waals surface area contributed by atoms with Crippen LogP contribution in [0.3, 0.4) is 0 Å². The maximum absolute atomic E-state index is 14.3. The van der Waals surface area contributed by atoms with Crippen LogP contribution < -0.4 is 9.62 Å². The molecule has 1 fully saturated rings. The zero-order valence-electron chi connectivity index (χ0n) is 25.2. The quantitative estimate of drug-likeness (QED) is 0.294. The van der Waals surface area contributed by atoms with Gasteiger partial charge in [-0.2, -0.15) is 0 Å². The van der Waals surface area contributed by atoms with Gasteiger partial charge < -0.3 is 10.2 Å². The number of hydrogen-bond donors (Lipinski definition) is 1. The molecule has 1 saturated carbocycles. The van der Waals surface area contributed by atoms with Crippen LogP contribution in [0, 0.1) is 20.8 Å². The fraction of sp³-hybridized carbons (Fsp3) is 0.412. The molecule has 1 atom stereocenters. The molecule has 1 aliphatic rings. The van der Waals surface area contributed by atoms with Crippen LogP contribution in [-0.2, 0) is 26.2 Å². The lowest BCUT2D eigenvalue weighted by Crippen LogP contribution is -2.54. The average molecular weight is 590 g/mol. The van der Waals surface area contributed by atoms with Crippen molar-refractivity contribution in [1.82, 2.24) is 10.2 Å². The normalized spacial score (nSPS) is 14.7. The van der Waals surface area contributed by atoms with Crippen LogP contribution in [0.1, 0.15) is 67.7 Å². The van der Waals surface area contributed by atoms with Crippen molar-refractivity contribution in [2.75, 3.05) is 10.8 Å². The van der Waals surface area contributed by atoms with E-state index in [1.807, 2.05) is 58.0 Å². The van der Waals surface area contributed by atoms with Crippen molar-refractivity contribution in [2.45, 2.75) is 89.7 Å². The van der Waals surface area contributed by atoms with Crippen LogP contribution in [0.15, 0.2) is 77.7 Å². The predicted octanol–water partition coefficient (Wildman–Crippen LogP) is 6.06. The lowest BCUT2D eigenvalue weighted by Gasteiger charge is -2.34. The van der Waals surface area contributed by atoms with Crippen LogP contribution in [-0.4, -0.2) is 43.8 Å². The van der Waals surface area contributed by atoms with E-state index in [-0.39, 0.29) is 23.4 Å². The van der Waals surface area contributed by atoms with E-state index in [1.165, 1.54) is 10.7 Å². The molecular weight excluding hydrogens is 546 g/mol. The van der Waals surface area contributed by atoms with Gasteiger partial charge in [0.1, 0.15) is 12.6 Å². The molecule has 7 nitrogen and oxygen atoms in total. The molecule has 0 aliphatic heterocycles. The molecule has 0 spiro atoms. The van der Waals surface area contributed by atoms with Gasteiger partial charge in [0.25, 0.3) is 10.0 Å². The zero-order chi connectivity index (χ0) is 30.3. The van der Waals surface area contributed by atoms with Gasteiger partial charge in [0.15, 0.2) is 0 Å². The molecule has 8 heteroatoms. The minimum Gasteiger partial charge on any atom is -0.352 e. The fourth-order valence-corrected chi connectivity index (χ4v) is 7.03. The number of aryl methyl sites for hydroxylation is 3. The standard InChI is InChI=1S/C34H43N3O4S/c1-5-32(34(39)35-29-14-7-6-8-15-29)36(23-28-13-9-11-26(3)21-28)33(38)24-37(30-16-10-12-27(4)22-30)42(40,41)31-19-17-25(2)18-20-31/h9-13,16-22,29,32H,5-8,14-15,23-24H2,1-4H3,(H,35,39). The molecule has 42 heavy (non-hydrogen) atoms. The Morgan fingerprint density at radius 2 is 1.50 bits per heavy atom. The van der Waals surface area contributed by atoms with Crippen molar-refractivity contribution in [1.29, 1.82) is 0 Å². The highest BCUT2D eigenvalue weighted by Gasteiger charge is 2.34. The Kier molecular flexibility index (Phi) is 10.4. The Bertz CT molecular complexity index is 1480. The summed E-state index contributed by atoms with van der Waals surface area (Å²) in [6.07, 6.45) is 5.61. The molecule has 3 aromatic carbocycles. The van der Waals surface area contributed by atoms with Crippen molar-refractivity contribution in [2.24, 2.45) is 0 Å². The average Bonchev–Trinajstić information content (AvgIpc) is 2.96. The van der Waals surface area contributed by atoms with Gasteiger partial charge in [-0.1, -0.05) is 85.8 Å². The van der Waals surface area contributed by atoms with Crippen molar-refractivity contribution in [3.63, 3.8) is 0 Å². The number of nitrogens with one attached hydrogen (secondary N) is 1. The largest absolute Gasteiger partial charge is 0.352 e. The molecule has 0 heterocycles. The number of nitrogens with zero attached hydrogens (tertiary/aromatic N) is 2. The third-order valence-corrected chi connectivity index (χ3v) is 9.74. The Morgan fingerprint density at radius 1 is 0.857 bits per heavy atom. The van der Waals surface area contributed by atoms with E-state index >= 15 is 0 Å². The van der Waals surface area contributed by atoms with E-state index in [2.05, 4.69) is 5.32 Å². The monoisotopic (exact) mass is 589 g/mol. The second kappa shape index (κ2) is 14.0. The summed E-state index contributed by atoms with van der Waals surface area (Å²) in [6.45, 7) is 7.42. The first kappa shape index (κ1) is 31.3. The first-order valence-electron chi connectivity index (χ1n) is 14.9. The SMILES string of the molecule is CCC(C(=O)NC1CCCCC1)N(Cc1cccc(C)c1)C(=O)CN(c1cccc(C)c1)S(=O)(=O)c1ccc(C)cc1. The van der Waals surface area contributed by atoms with E-state index in [0.717, 1.165) is 47.9 Å². The molecule has 224 valence electrons. The Morgan fingerprint density at radius 3 is 2.12 bits per heavy atom. The first-order chi connectivity index (χ1) is 20.1. The third-order valence-electron chi connectivity index (χ3n) is 7.95. The number of hydrogen-bond acceptors (Lipinski definition) is 4. The fourth-order valence-electron chi connectivity index (χ4n) is 5.62. The molecule has 3 aromatic rings. The highest BCUT2D eigenvalue weighted by atomic mass is 32.2. The van der Waals surface area contributed by atoms with Gasteiger partial charge in [0.2, 0.25) is 11.8 Å². The summed E-state index contributed by atoms with van der Waals surface area (Å²) >= 11 is 0. The summed E-state index contributed by atoms with van der Waals surface area (Å²) in [5.74, 6) is -0.617. The number of rotatable bonds is 11. The van der Waals surface area contributed by atoms with Gasteiger partial charge in [0, 0.05) is 12.6 Å². The third kappa shape index (κ3) is 7.79. The molecule has 1 unspecified atom stereocenters. The second-order valence-corrected chi connectivity index (χ2v) is 13.3. The van der Waals surface area contributed by atoms with E-state index in [1.54, 1.807) is 47.4 Å². The molecule has 0 bridgehead atoms. The summed E-state index contributed by atoms with van der Waals surface area (Å²) in [5.41, 5.74) is 4.14. The summed E-state index contributed by atoms with van der Waals surface area (Å²) in [7, 11) is -4.09. The smallest absolute Gasteiger partial charge is 0.264 e. The molecular formula is C34H43N3O4S. The van der Waals surface area contributed by atoms with Crippen LogP contribution in [0.2, 0.25) is 0 Å². The molecule has 0 aromatic heterocycles. The summed E-state index contributed by atoms with van der Waals surface area (Å²) in [6, 6.07) is 20.9. The van der Waals surface area contributed by atoms with Crippen molar-refractivity contribution < 1.29 is 18.0 Å². The molecule has 4 rings (SSSR count). The highest BCUT2D eigenvalue weighted by molar-refractivity contribution is 7.92. The van der Waals surface area contributed by atoms with E-state index in [4.69, 9.17) is 0 Å². The number of anilines is 1. The van der Waals surface area contributed by atoms with E-state index in [0.29, 0.717) is 12.1 Å². The molecule has 2 amide bonds. The van der Waals surface area contributed by atoms with Crippen molar-refractivity contribution >= 4 is 27.5 Å². The topological polar surface area (TPSA) is 86.8 Å². The minimum atomic E-state index is -4.09.